The van der Waals surface area contributed by atoms with Crippen LogP contribution in [0.2, 0.25) is 5.02 Å². The highest BCUT2D eigenvalue weighted by molar-refractivity contribution is 9.09. The number of rotatable bonds is 4. The van der Waals surface area contributed by atoms with Crippen LogP contribution in [0.15, 0.2) is 11.2 Å². The summed E-state index contributed by atoms with van der Waals surface area (Å²) in [5, 5.41) is 3.86. The van der Waals surface area contributed by atoms with Gasteiger partial charge in [0, 0.05) is 18.4 Å². The summed E-state index contributed by atoms with van der Waals surface area (Å²) in [6, 6.07) is 0. The summed E-state index contributed by atoms with van der Waals surface area (Å²) in [5.74, 6) is 0. The van der Waals surface area contributed by atoms with Crippen molar-refractivity contribution in [1.29, 1.82) is 0 Å². The van der Waals surface area contributed by atoms with Gasteiger partial charge in [0.15, 0.2) is 5.03 Å². The monoisotopic (exact) mass is 315 g/mol. The minimum absolute atomic E-state index is 0.0164. The van der Waals surface area contributed by atoms with E-state index in [0.29, 0.717) is 6.54 Å². The SMILES string of the molecule is CC(Br)CNS(=O)(=O)c1c(Cl)cnn1C. The lowest BCUT2D eigenvalue weighted by Crippen LogP contribution is -2.30. The highest BCUT2D eigenvalue weighted by atomic mass is 79.9. The van der Waals surface area contributed by atoms with E-state index in [-0.39, 0.29) is 14.9 Å². The molecular formula is C7H11BrClN3O2S. The quantitative estimate of drug-likeness (QED) is 0.847. The topological polar surface area (TPSA) is 64.0 Å². The van der Waals surface area contributed by atoms with E-state index in [9.17, 15) is 8.42 Å². The molecule has 0 aliphatic rings. The number of hydrogen-bond acceptors (Lipinski definition) is 3. The number of aryl methyl sites for hydroxylation is 1. The van der Waals surface area contributed by atoms with Crippen LogP contribution in [0.4, 0.5) is 0 Å². The van der Waals surface area contributed by atoms with Crippen LogP contribution in [0.3, 0.4) is 0 Å². The second-order valence-electron chi connectivity index (χ2n) is 3.05. The summed E-state index contributed by atoms with van der Waals surface area (Å²) in [7, 11) is -2.06. The molecule has 1 aromatic heterocycles. The summed E-state index contributed by atoms with van der Waals surface area (Å²) in [6.07, 6.45) is 1.30. The minimum atomic E-state index is -3.58. The van der Waals surface area contributed by atoms with Crippen LogP contribution < -0.4 is 4.72 Å². The van der Waals surface area contributed by atoms with Crippen LogP contribution in [0.25, 0.3) is 0 Å². The molecule has 0 aliphatic carbocycles. The zero-order valence-corrected chi connectivity index (χ0v) is 11.4. The van der Waals surface area contributed by atoms with E-state index in [0.717, 1.165) is 0 Å². The highest BCUT2D eigenvalue weighted by Gasteiger charge is 2.22. The average Bonchev–Trinajstić information content (AvgIpc) is 2.43. The standard InChI is InChI=1S/C7H11BrClN3O2S/c1-5(8)3-11-15(13,14)7-6(9)4-10-12(7)2/h4-5,11H,3H2,1-2H3. The van der Waals surface area contributed by atoms with E-state index in [4.69, 9.17) is 11.6 Å². The number of nitrogens with one attached hydrogen (secondary N) is 1. The van der Waals surface area contributed by atoms with Gasteiger partial charge in [-0.15, -0.1) is 0 Å². The second-order valence-corrected chi connectivity index (χ2v) is 6.71. The van der Waals surface area contributed by atoms with Crippen molar-refractivity contribution in [2.75, 3.05) is 6.54 Å². The molecule has 0 bridgehead atoms. The van der Waals surface area contributed by atoms with Crippen molar-refractivity contribution in [1.82, 2.24) is 14.5 Å². The molecule has 1 atom stereocenters. The summed E-state index contributed by atoms with van der Waals surface area (Å²) < 4.78 is 27.2. The van der Waals surface area contributed by atoms with Crippen LogP contribution in [0.1, 0.15) is 6.92 Å². The molecule has 0 aliphatic heterocycles. The zero-order valence-electron chi connectivity index (χ0n) is 8.24. The molecule has 86 valence electrons. The first-order valence-corrected chi connectivity index (χ1v) is 6.93. The number of sulfonamides is 1. The van der Waals surface area contributed by atoms with Crippen molar-refractivity contribution in [3.63, 3.8) is 0 Å². The molecule has 0 radical (unpaired) electrons. The van der Waals surface area contributed by atoms with Gasteiger partial charge >= 0.3 is 0 Å². The van der Waals surface area contributed by atoms with Gasteiger partial charge in [-0.1, -0.05) is 34.5 Å². The van der Waals surface area contributed by atoms with Gasteiger partial charge in [-0.25, -0.2) is 13.1 Å². The van der Waals surface area contributed by atoms with Crippen LogP contribution in [0.5, 0.6) is 0 Å². The molecule has 0 aromatic carbocycles. The maximum absolute atomic E-state index is 11.8. The number of aromatic nitrogens is 2. The molecule has 0 fully saturated rings. The molecule has 5 nitrogen and oxygen atoms in total. The third-order valence-corrected chi connectivity index (χ3v) is 3.90. The Bertz CT molecular complexity index is 424. The van der Waals surface area contributed by atoms with Crippen molar-refractivity contribution in [3.05, 3.63) is 11.2 Å². The van der Waals surface area contributed by atoms with Crippen molar-refractivity contribution < 1.29 is 8.42 Å². The van der Waals surface area contributed by atoms with Gasteiger partial charge < -0.3 is 0 Å². The lowest BCUT2D eigenvalue weighted by Gasteiger charge is -2.08. The molecule has 0 saturated heterocycles. The Balaban J connectivity index is 2.96. The summed E-state index contributed by atoms with van der Waals surface area (Å²) in [5.41, 5.74) is 0. The normalized spacial score (nSPS) is 14.1. The first-order valence-electron chi connectivity index (χ1n) is 4.16. The Morgan fingerprint density at radius 3 is 2.73 bits per heavy atom. The van der Waals surface area contributed by atoms with Gasteiger partial charge in [-0.3, -0.25) is 4.68 Å². The summed E-state index contributed by atoms with van der Waals surface area (Å²) in [4.78, 5) is 0.0549. The summed E-state index contributed by atoms with van der Waals surface area (Å²) >= 11 is 8.98. The average molecular weight is 317 g/mol. The smallest absolute Gasteiger partial charge is 0.255 e. The zero-order chi connectivity index (χ0) is 11.6. The van der Waals surface area contributed by atoms with Crippen LogP contribution in [-0.4, -0.2) is 29.6 Å². The highest BCUT2D eigenvalue weighted by Crippen LogP contribution is 2.19. The fraction of sp³-hybridized carbons (Fsp3) is 0.571. The third kappa shape index (κ3) is 3.17. The molecule has 15 heavy (non-hydrogen) atoms. The molecule has 1 heterocycles. The van der Waals surface area contributed by atoms with Gasteiger partial charge in [-0.05, 0) is 0 Å². The van der Waals surface area contributed by atoms with E-state index in [1.54, 1.807) is 0 Å². The number of hydrogen-bond donors (Lipinski definition) is 1. The van der Waals surface area contributed by atoms with Gasteiger partial charge in [0.1, 0.15) is 0 Å². The maximum atomic E-state index is 11.8. The van der Waals surface area contributed by atoms with Crippen LogP contribution >= 0.6 is 27.5 Å². The maximum Gasteiger partial charge on any atom is 0.259 e. The van der Waals surface area contributed by atoms with E-state index >= 15 is 0 Å². The predicted molar refractivity (Wildman–Crippen MR) is 61.8 cm³/mol. The molecule has 8 heteroatoms. The predicted octanol–water partition coefficient (Wildman–Crippen LogP) is 1.14. The fourth-order valence-corrected chi connectivity index (χ4v) is 3.15. The first-order chi connectivity index (χ1) is 6.84. The molecule has 0 saturated carbocycles. The lowest BCUT2D eigenvalue weighted by atomic mass is 10.5. The molecule has 0 amide bonds. The van der Waals surface area contributed by atoms with Crippen molar-refractivity contribution in [2.24, 2.45) is 7.05 Å². The Kier molecular flexibility index (Phi) is 4.16. The lowest BCUT2D eigenvalue weighted by molar-refractivity contribution is 0.563. The van der Waals surface area contributed by atoms with Crippen LogP contribution in [-0.2, 0) is 17.1 Å². The number of nitrogens with zero attached hydrogens (tertiary/aromatic N) is 2. The molecule has 0 spiro atoms. The Labute approximate surface area is 102 Å². The Hall–Kier alpha value is -0.110. The van der Waals surface area contributed by atoms with Crippen molar-refractivity contribution >= 4 is 37.6 Å². The van der Waals surface area contributed by atoms with Gasteiger partial charge in [-0.2, -0.15) is 5.10 Å². The molecule has 1 N–H and O–H groups in total. The van der Waals surface area contributed by atoms with Gasteiger partial charge in [0.05, 0.1) is 11.2 Å². The molecule has 1 unspecified atom stereocenters. The second kappa shape index (κ2) is 4.82. The molecule has 1 aromatic rings. The van der Waals surface area contributed by atoms with Crippen molar-refractivity contribution in [3.8, 4) is 0 Å². The molecular weight excluding hydrogens is 306 g/mol. The van der Waals surface area contributed by atoms with Crippen LogP contribution in [0, 0.1) is 0 Å². The largest absolute Gasteiger partial charge is 0.259 e. The van der Waals surface area contributed by atoms with E-state index < -0.39 is 10.0 Å². The molecule has 1 rings (SSSR count). The van der Waals surface area contributed by atoms with Crippen molar-refractivity contribution in [2.45, 2.75) is 16.8 Å². The van der Waals surface area contributed by atoms with E-state index in [2.05, 4.69) is 25.8 Å². The Morgan fingerprint density at radius 2 is 2.33 bits per heavy atom. The minimum Gasteiger partial charge on any atom is -0.255 e. The van der Waals surface area contributed by atoms with E-state index in [1.165, 1.54) is 17.9 Å². The first kappa shape index (κ1) is 13.0. The number of halogens is 2. The Morgan fingerprint density at radius 1 is 1.73 bits per heavy atom. The fourth-order valence-electron chi connectivity index (χ4n) is 0.995. The third-order valence-electron chi connectivity index (χ3n) is 1.65. The van der Waals surface area contributed by atoms with Gasteiger partial charge in [0.25, 0.3) is 10.0 Å². The number of alkyl halides is 1. The van der Waals surface area contributed by atoms with Gasteiger partial charge in [0.2, 0.25) is 0 Å². The van der Waals surface area contributed by atoms with E-state index in [1.807, 2.05) is 6.92 Å². The summed E-state index contributed by atoms with van der Waals surface area (Å²) in [6.45, 7) is 2.14.